The maximum Gasteiger partial charge on any atom is 0.336 e. The number of nitrogens with two attached hydrogens (primary N) is 1. The van der Waals surface area contributed by atoms with Gasteiger partial charge in [0.15, 0.2) is 0 Å². The molecule has 0 amide bonds. The van der Waals surface area contributed by atoms with Crippen molar-refractivity contribution in [2.24, 2.45) is 5.73 Å². The zero-order chi connectivity index (χ0) is 27.0. The molecule has 0 aliphatic heterocycles. The van der Waals surface area contributed by atoms with Gasteiger partial charge in [-0.3, -0.25) is 9.88 Å². The van der Waals surface area contributed by atoms with Crippen molar-refractivity contribution in [1.82, 2.24) is 19.9 Å². The number of rotatable bonds is 8. The lowest BCUT2D eigenvalue weighted by molar-refractivity contribution is 0.0699. The monoisotopic (exact) mass is 521 g/mol. The maximum atomic E-state index is 10.8. The average Bonchev–Trinajstić information content (AvgIpc) is 3.39. The van der Waals surface area contributed by atoms with Crippen molar-refractivity contribution in [3.63, 3.8) is 0 Å². The van der Waals surface area contributed by atoms with Gasteiger partial charge in [0.2, 0.25) is 0 Å². The fraction of sp³-hybridized carbons (Fsp3) is 0.281. The molecular weight excluding hydrogens is 486 g/mol. The Morgan fingerprint density at radius 2 is 1.82 bits per heavy atom. The minimum absolute atomic E-state index is 0.359. The number of carboxylic acids is 1. The Hall–Kier alpha value is -4.07. The van der Waals surface area contributed by atoms with E-state index in [2.05, 4.69) is 34.1 Å². The number of H-pyrrole nitrogens is 1. The average molecular weight is 522 g/mol. The number of hydrogen-bond donors (Lipinski definition) is 3. The summed E-state index contributed by atoms with van der Waals surface area (Å²) < 4.78 is 0. The molecule has 0 bridgehead atoms. The molecule has 1 aliphatic rings. The number of para-hydroxylation sites is 2. The van der Waals surface area contributed by atoms with Gasteiger partial charge in [0.25, 0.3) is 0 Å². The number of nitrogens with one attached hydrogen (secondary N) is 1. The molecule has 0 fully saturated rings. The number of aryl methyl sites for hydroxylation is 1. The maximum absolute atomic E-state index is 10.8. The van der Waals surface area contributed by atoms with Gasteiger partial charge in [-0.2, -0.15) is 0 Å². The van der Waals surface area contributed by atoms with Crippen LogP contribution in [0.2, 0.25) is 0 Å². The van der Waals surface area contributed by atoms with Gasteiger partial charge in [-0.1, -0.05) is 54.6 Å². The quantitative estimate of drug-likeness (QED) is 0.213. The van der Waals surface area contributed by atoms with E-state index < -0.39 is 5.97 Å². The van der Waals surface area contributed by atoms with Crippen LogP contribution in [0.5, 0.6) is 0 Å². The van der Waals surface area contributed by atoms with E-state index in [4.69, 9.17) is 20.8 Å². The number of unbranched alkanes of at least 4 members (excludes halogenated alkanes) is 1. The molecule has 7 nitrogen and oxygen atoms in total. The standard InChI is InChI=1S/C21H27N5.C11H8O2/c22-12-3-4-14-26(15-20-24-17-9-1-2-10-18(17)25-20)19-11-5-7-16-8-6-13-23-21(16)19;12-11(13)10-7-3-5-8-4-1-2-6-9(8)10/h1-2,6,8-10,13,19H,3-5,7,11-12,14-15,22H2,(H,24,25);1-7H,(H,12,13). The molecule has 2 aromatic heterocycles. The van der Waals surface area contributed by atoms with Crippen molar-refractivity contribution in [1.29, 1.82) is 0 Å². The van der Waals surface area contributed by atoms with Crippen LogP contribution in [0, 0.1) is 0 Å². The Morgan fingerprint density at radius 3 is 2.67 bits per heavy atom. The first kappa shape index (κ1) is 26.5. The van der Waals surface area contributed by atoms with E-state index >= 15 is 0 Å². The summed E-state index contributed by atoms with van der Waals surface area (Å²) in [5.74, 6) is 0.152. The minimum atomic E-state index is -0.878. The zero-order valence-electron chi connectivity index (χ0n) is 22.1. The number of carbonyl (C=O) groups is 1. The SMILES string of the molecule is NCCCCN(Cc1nc2ccccc2[nH]1)C1CCCc2cccnc21.O=C(O)c1cccc2ccccc12. The van der Waals surface area contributed by atoms with E-state index in [9.17, 15) is 4.79 Å². The Bertz CT molecular complexity index is 1510. The van der Waals surface area contributed by atoms with Gasteiger partial charge >= 0.3 is 5.97 Å². The largest absolute Gasteiger partial charge is 0.478 e. The Kier molecular flexibility index (Phi) is 8.61. The number of aromatic nitrogens is 3. The summed E-state index contributed by atoms with van der Waals surface area (Å²) in [5.41, 5.74) is 10.9. The predicted molar refractivity (Wildman–Crippen MR) is 156 cm³/mol. The number of carboxylic acid groups (broad SMARTS) is 1. The first-order valence-corrected chi connectivity index (χ1v) is 13.7. The number of aromatic amines is 1. The van der Waals surface area contributed by atoms with E-state index in [0.29, 0.717) is 11.6 Å². The van der Waals surface area contributed by atoms with Crippen LogP contribution in [0.3, 0.4) is 0 Å². The molecule has 200 valence electrons. The van der Waals surface area contributed by atoms with Gasteiger partial charge in [-0.25, -0.2) is 9.78 Å². The highest BCUT2D eigenvalue weighted by molar-refractivity contribution is 6.03. The number of hydrogen-bond acceptors (Lipinski definition) is 5. The lowest BCUT2D eigenvalue weighted by Gasteiger charge is -2.34. The van der Waals surface area contributed by atoms with E-state index in [1.807, 2.05) is 48.7 Å². The summed E-state index contributed by atoms with van der Waals surface area (Å²) in [5, 5.41) is 10.6. The first-order chi connectivity index (χ1) is 19.1. The van der Waals surface area contributed by atoms with E-state index in [0.717, 1.165) is 72.9 Å². The highest BCUT2D eigenvalue weighted by Gasteiger charge is 2.27. The Labute approximate surface area is 228 Å². The molecule has 0 radical (unpaired) electrons. The molecular formula is C32H35N5O2. The van der Waals surface area contributed by atoms with Crippen LogP contribution >= 0.6 is 0 Å². The van der Waals surface area contributed by atoms with Crippen molar-refractivity contribution in [3.05, 3.63) is 108 Å². The number of benzene rings is 3. The topological polar surface area (TPSA) is 108 Å². The minimum Gasteiger partial charge on any atom is -0.478 e. The second-order valence-corrected chi connectivity index (χ2v) is 9.95. The van der Waals surface area contributed by atoms with Crippen molar-refractivity contribution < 1.29 is 9.90 Å². The Morgan fingerprint density at radius 1 is 1.00 bits per heavy atom. The van der Waals surface area contributed by atoms with Gasteiger partial charge < -0.3 is 15.8 Å². The van der Waals surface area contributed by atoms with Crippen LogP contribution in [-0.2, 0) is 13.0 Å². The van der Waals surface area contributed by atoms with Gasteiger partial charge in [0.1, 0.15) is 5.82 Å². The molecule has 0 spiro atoms. The number of aromatic carboxylic acids is 1. The summed E-state index contributed by atoms with van der Waals surface area (Å²) in [7, 11) is 0. The van der Waals surface area contributed by atoms with Gasteiger partial charge in [-0.15, -0.1) is 0 Å². The van der Waals surface area contributed by atoms with Crippen molar-refractivity contribution in [2.75, 3.05) is 13.1 Å². The molecule has 4 N–H and O–H groups in total. The normalized spacial score (nSPS) is 14.7. The second-order valence-electron chi connectivity index (χ2n) is 9.95. The number of imidazole rings is 1. The molecule has 0 saturated carbocycles. The van der Waals surface area contributed by atoms with E-state index in [1.165, 1.54) is 17.7 Å². The highest BCUT2D eigenvalue weighted by Crippen LogP contribution is 2.33. The summed E-state index contributed by atoms with van der Waals surface area (Å²) in [6.45, 7) is 2.59. The van der Waals surface area contributed by atoms with Crippen LogP contribution in [0.1, 0.15) is 59.2 Å². The Balaban J connectivity index is 0.000000198. The van der Waals surface area contributed by atoms with Crippen LogP contribution in [-0.4, -0.2) is 44.0 Å². The van der Waals surface area contributed by atoms with Crippen molar-refractivity contribution in [2.45, 2.75) is 44.7 Å². The smallest absolute Gasteiger partial charge is 0.336 e. The van der Waals surface area contributed by atoms with Crippen LogP contribution < -0.4 is 5.73 Å². The van der Waals surface area contributed by atoms with Gasteiger partial charge in [0.05, 0.1) is 34.9 Å². The third-order valence-corrected chi connectivity index (χ3v) is 7.32. The summed E-state index contributed by atoms with van der Waals surface area (Å²) in [6, 6.07) is 25.6. The fourth-order valence-electron chi connectivity index (χ4n) is 5.43. The third-order valence-electron chi connectivity index (χ3n) is 7.32. The fourth-order valence-corrected chi connectivity index (χ4v) is 5.43. The third kappa shape index (κ3) is 6.33. The van der Waals surface area contributed by atoms with E-state index in [1.54, 1.807) is 12.1 Å². The lowest BCUT2D eigenvalue weighted by atomic mass is 9.90. The summed E-state index contributed by atoms with van der Waals surface area (Å²) in [6.07, 6.45) is 7.61. The van der Waals surface area contributed by atoms with Crippen molar-refractivity contribution >= 4 is 27.8 Å². The number of nitrogens with zero attached hydrogens (tertiary/aromatic N) is 3. The molecule has 39 heavy (non-hydrogen) atoms. The molecule has 0 saturated heterocycles. The van der Waals surface area contributed by atoms with Gasteiger partial charge in [0, 0.05) is 6.20 Å². The predicted octanol–water partition coefficient (Wildman–Crippen LogP) is 6.11. The number of pyridine rings is 1. The zero-order valence-corrected chi connectivity index (χ0v) is 22.1. The molecule has 2 heterocycles. The molecule has 7 heteroatoms. The van der Waals surface area contributed by atoms with Crippen LogP contribution in [0.25, 0.3) is 21.8 Å². The van der Waals surface area contributed by atoms with Gasteiger partial charge in [-0.05, 0) is 85.8 Å². The highest BCUT2D eigenvalue weighted by atomic mass is 16.4. The molecule has 5 aromatic rings. The molecule has 1 aliphatic carbocycles. The van der Waals surface area contributed by atoms with Crippen LogP contribution in [0.15, 0.2) is 85.1 Å². The van der Waals surface area contributed by atoms with Crippen molar-refractivity contribution in [3.8, 4) is 0 Å². The molecule has 3 aromatic carbocycles. The number of fused-ring (bicyclic) bond motifs is 3. The first-order valence-electron chi connectivity index (χ1n) is 13.7. The lowest BCUT2D eigenvalue weighted by Crippen LogP contribution is -2.33. The van der Waals surface area contributed by atoms with E-state index in [-0.39, 0.29) is 0 Å². The second kappa shape index (κ2) is 12.7. The summed E-state index contributed by atoms with van der Waals surface area (Å²) >= 11 is 0. The van der Waals surface area contributed by atoms with Crippen LogP contribution in [0.4, 0.5) is 0 Å². The molecule has 6 rings (SSSR count). The summed E-state index contributed by atoms with van der Waals surface area (Å²) in [4.78, 5) is 26.4. The molecule has 1 unspecified atom stereocenters. The molecule has 1 atom stereocenters.